The average molecular weight is 386 g/mol. The molecule has 2 aromatic rings. The molecule has 25 heavy (non-hydrogen) atoms. The van der Waals surface area contributed by atoms with Crippen LogP contribution in [0.1, 0.15) is 11.1 Å². The lowest BCUT2D eigenvalue weighted by Crippen LogP contribution is -2.36. The third-order valence-corrected chi connectivity index (χ3v) is 6.31. The molecule has 8 heteroatoms. The predicted molar refractivity (Wildman–Crippen MR) is 92.3 cm³/mol. The molecule has 1 heterocycles. The number of fused-ring (bicyclic) bond motifs is 1. The fourth-order valence-corrected chi connectivity index (χ4v) is 4.51. The smallest absolute Gasteiger partial charge is 0.246 e. The van der Waals surface area contributed by atoms with Gasteiger partial charge in [0, 0.05) is 18.1 Å². The van der Waals surface area contributed by atoms with Crippen molar-refractivity contribution in [1.29, 1.82) is 0 Å². The third kappa shape index (κ3) is 3.31. The van der Waals surface area contributed by atoms with E-state index < -0.39 is 15.8 Å². The number of methoxy groups -OCH3 is 2. The Kier molecular flexibility index (Phi) is 4.90. The normalized spacial score (nSPS) is 14.9. The number of hydrogen-bond donors (Lipinski definition) is 0. The molecule has 3 rings (SSSR count). The molecule has 0 saturated carbocycles. The van der Waals surface area contributed by atoms with Crippen LogP contribution in [0.2, 0.25) is 5.02 Å². The van der Waals surface area contributed by atoms with E-state index >= 15 is 0 Å². The van der Waals surface area contributed by atoms with Gasteiger partial charge in [0.05, 0.1) is 14.2 Å². The summed E-state index contributed by atoms with van der Waals surface area (Å²) in [6.07, 6.45) is 0.504. The molecule has 0 amide bonds. The molecular formula is C17H17ClFNO4S. The van der Waals surface area contributed by atoms with Gasteiger partial charge in [-0.2, -0.15) is 4.31 Å². The minimum absolute atomic E-state index is 0.139. The fourth-order valence-electron chi connectivity index (χ4n) is 2.89. The topological polar surface area (TPSA) is 55.8 Å². The summed E-state index contributed by atoms with van der Waals surface area (Å²) >= 11 is 5.71. The minimum Gasteiger partial charge on any atom is -0.493 e. The van der Waals surface area contributed by atoms with E-state index in [1.54, 1.807) is 13.2 Å². The summed E-state index contributed by atoms with van der Waals surface area (Å²) in [7, 11) is -0.893. The quantitative estimate of drug-likeness (QED) is 0.810. The van der Waals surface area contributed by atoms with Gasteiger partial charge in [-0.25, -0.2) is 12.8 Å². The predicted octanol–water partition coefficient (Wildman–Crippen LogP) is 3.24. The van der Waals surface area contributed by atoms with E-state index in [2.05, 4.69) is 0 Å². The molecular weight excluding hydrogens is 369 g/mol. The molecule has 1 aliphatic rings. The van der Waals surface area contributed by atoms with Crippen LogP contribution in [0.25, 0.3) is 0 Å². The van der Waals surface area contributed by atoms with Crippen LogP contribution in [0.4, 0.5) is 4.39 Å². The Morgan fingerprint density at radius 1 is 1.08 bits per heavy atom. The van der Waals surface area contributed by atoms with Gasteiger partial charge in [0.1, 0.15) is 10.7 Å². The van der Waals surface area contributed by atoms with Crippen molar-refractivity contribution >= 4 is 21.6 Å². The van der Waals surface area contributed by atoms with Gasteiger partial charge >= 0.3 is 0 Å². The molecule has 0 radical (unpaired) electrons. The molecule has 0 aliphatic carbocycles. The first kappa shape index (κ1) is 18.0. The largest absolute Gasteiger partial charge is 0.493 e. The average Bonchev–Trinajstić information content (AvgIpc) is 2.59. The second-order valence-electron chi connectivity index (χ2n) is 5.64. The van der Waals surface area contributed by atoms with E-state index in [1.807, 2.05) is 6.07 Å². The highest BCUT2D eigenvalue weighted by Crippen LogP contribution is 2.35. The molecule has 0 aromatic heterocycles. The minimum atomic E-state index is -3.96. The van der Waals surface area contributed by atoms with Crippen LogP contribution in [0.3, 0.4) is 0 Å². The molecule has 5 nitrogen and oxygen atoms in total. The lowest BCUT2D eigenvalue weighted by molar-refractivity contribution is 0.348. The highest BCUT2D eigenvalue weighted by Gasteiger charge is 2.31. The van der Waals surface area contributed by atoms with Gasteiger partial charge in [-0.3, -0.25) is 0 Å². The Bertz CT molecular complexity index is 917. The number of hydrogen-bond acceptors (Lipinski definition) is 4. The molecule has 0 N–H and O–H groups in total. The van der Waals surface area contributed by atoms with Gasteiger partial charge in [0.2, 0.25) is 10.0 Å². The van der Waals surface area contributed by atoms with Gasteiger partial charge in [0.25, 0.3) is 0 Å². The molecule has 0 atom stereocenters. The zero-order valence-electron chi connectivity index (χ0n) is 13.8. The van der Waals surface area contributed by atoms with Crippen molar-refractivity contribution < 1.29 is 22.3 Å². The first-order valence-corrected chi connectivity index (χ1v) is 9.37. The van der Waals surface area contributed by atoms with Crippen molar-refractivity contribution in [2.24, 2.45) is 0 Å². The van der Waals surface area contributed by atoms with Crippen molar-refractivity contribution in [3.8, 4) is 11.5 Å². The van der Waals surface area contributed by atoms with Crippen LogP contribution < -0.4 is 9.47 Å². The van der Waals surface area contributed by atoms with Gasteiger partial charge in [-0.05, 0) is 47.9 Å². The van der Waals surface area contributed by atoms with Gasteiger partial charge in [-0.15, -0.1) is 0 Å². The summed E-state index contributed by atoms with van der Waals surface area (Å²) in [4.78, 5) is -0.374. The number of sulfonamides is 1. The zero-order chi connectivity index (χ0) is 18.2. The SMILES string of the molecule is COc1cc2c(cc1OC)CN(S(=O)(=O)c1ccc(Cl)cc1F)CC2. The van der Waals surface area contributed by atoms with E-state index in [4.69, 9.17) is 21.1 Å². The van der Waals surface area contributed by atoms with Gasteiger partial charge < -0.3 is 9.47 Å². The highest BCUT2D eigenvalue weighted by molar-refractivity contribution is 7.89. The Labute approximate surface area is 151 Å². The summed E-state index contributed by atoms with van der Waals surface area (Å²) < 4.78 is 51.5. The third-order valence-electron chi connectivity index (χ3n) is 4.19. The molecule has 1 aliphatic heterocycles. The molecule has 0 saturated heterocycles. The van der Waals surface area contributed by atoms with Crippen molar-refractivity contribution in [2.45, 2.75) is 17.9 Å². The van der Waals surface area contributed by atoms with Crippen LogP contribution in [-0.4, -0.2) is 33.5 Å². The van der Waals surface area contributed by atoms with Crippen LogP contribution in [-0.2, 0) is 23.0 Å². The summed E-state index contributed by atoms with van der Waals surface area (Å²) in [5.41, 5.74) is 1.79. The summed E-state index contributed by atoms with van der Waals surface area (Å²) in [5, 5.41) is 0.150. The van der Waals surface area contributed by atoms with Crippen molar-refractivity contribution in [3.05, 3.63) is 52.3 Å². The van der Waals surface area contributed by atoms with Crippen LogP contribution in [0.5, 0.6) is 11.5 Å². The van der Waals surface area contributed by atoms with Gasteiger partial charge in [-0.1, -0.05) is 11.6 Å². The maximum absolute atomic E-state index is 14.1. The fraction of sp³-hybridized carbons (Fsp3) is 0.294. The second kappa shape index (κ2) is 6.82. The molecule has 0 spiro atoms. The first-order chi connectivity index (χ1) is 11.9. The van der Waals surface area contributed by atoms with Gasteiger partial charge in [0.15, 0.2) is 11.5 Å². The van der Waals surface area contributed by atoms with E-state index in [-0.39, 0.29) is 23.0 Å². The molecule has 2 aromatic carbocycles. The van der Waals surface area contributed by atoms with Crippen molar-refractivity contribution in [1.82, 2.24) is 4.31 Å². The van der Waals surface area contributed by atoms with E-state index in [0.29, 0.717) is 17.9 Å². The van der Waals surface area contributed by atoms with Crippen LogP contribution in [0.15, 0.2) is 35.2 Å². The Morgan fingerprint density at radius 3 is 2.32 bits per heavy atom. The molecule has 0 bridgehead atoms. The number of rotatable bonds is 4. The lowest BCUT2D eigenvalue weighted by Gasteiger charge is -2.29. The number of ether oxygens (including phenoxy) is 2. The maximum Gasteiger partial charge on any atom is 0.246 e. The van der Waals surface area contributed by atoms with Crippen molar-refractivity contribution in [2.75, 3.05) is 20.8 Å². The standard InChI is InChI=1S/C17H17ClFNO4S/c1-23-15-7-11-5-6-20(10-12(11)8-16(15)24-2)25(21,22)17-4-3-13(18)9-14(17)19/h3-4,7-9H,5-6,10H2,1-2H3. The van der Waals surface area contributed by atoms with E-state index in [9.17, 15) is 12.8 Å². The Hall–Kier alpha value is -1.83. The zero-order valence-corrected chi connectivity index (χ0v) is 15.3. The summed E-state index contributed by atoms with van der Waals surface area (Å²) in [6, 6.07) is 7.16. The van der Waals surface area contributed by atoms with E-state index in [0.717, 1.165) is 17.2 Å². The highest BCUT2D eigenvalue weighted by atomic mass is 35.5. The number of halogens is 2. The Balaban J connectivity index is 1.96. The maximum atomic E-state index is 14.1. The monoisotopic (exact) mass is 385 g/mol. The van der Waals surface area contributed by atoms with Crippen LogP contribution in [0, 0.1) is 5.82 Å². The molecule has 134 valence electrons. The molecule has 0 unspecified atom stereocenters. The lowest BCUT2D eigenvalue weighted by atomic mass is 10.0. The molecule has 0 fully saturated rings. The number of benzene rings is 2. The van der Waals surface area contributed by atoms with Crippen molar-refractivity contribution in [3.63, 3.8) is 0 Å². The van der Waals surface area contributed by atoms with E-state index in [1.165, 1.54) is 23.5 Å². The summed E-state index contributed by atoms with van der Waals surface area (Å²) in [5.74, 6) is 0.269. The van der Waals surface area contributed by atoms with Crippen LogP contribution >= 0.6 is 11.6 Å². The summed E-state index contributed by atoms with van der Waals surface area (Å²) in [6.45, 7) is 0.396. The first-order valence-electron chi connectivity index (χ1n) is 7.56. The second-order valence-corrected chi connectivity index (χ2v) is 7.98. The Morgan fingerprint density at radius 2 is 1.72 bits per heavy atom. The number of nitrogens with zero attached hydrogens (tertiary/aromatic N) is 1.